The zero-order valence-corrected chi connectivity index (χ0v) is 13.9. The van der Waals surface area contributed by atoms with Gasteiger partial charge in [0, 0.05) is 5.69 Å². The molecule has 0 aliphatic carbocycles. The Morgan fingerprint density at radius 3 is 2.33 bits per heavy atom. The molecule has 3 aromatic carbocycles. The van der Waals surface area contributed by atoms with Crippen LogP contribution in [-0.2, 0) is 6.61 Å². The van der Waals surface area contributed by atoms with Crippen molar-refractivity contribution in [1.29, 1.82) is 0 Å². The van der Waals surface area contributed by atoms with Crippen molar-refractivity contribution in [3.8, 4) is 16.9 Å². The van der Waals surface area contributed by atoms with E-state index < -0.39 is 0 Å². The second-order valence-corrected chi connectivity index (χ2v) is 5.81. The van der Waals surface area contributed by atoms with Crippen LogP contribution in [0.25, 0.3) is 11.1 Å². The quantitative estimate of drug-likeness (QED) is 0.670. The lowest BCUT2D eigenvalue weighted by molar-refractivity contribution is 0.306. The number of ether oxygens (including phenoxy) is 1. The van der Waals surface area contributed by atoms with Crippen LogP contribution in [0, 0.1) is 0 Å². The number of anilines is 1. The standard InChI is InChI=1S/C20H18N2OS/c21-20(24)22-18-8-4-7-17(13-18)16-9-11-19(12-10-16)23-14-15-5-2-1-3-6-15/h1-13H,14H2,(H3,21,22,24). The molecule has 0 saturated carbocycles. The maximum Gasteiger partial charge on any atom is 0.168 e. The van der Waals surface area contributed by atoms with Crippen LogP contribution in [0.2, 0.25) is 0 Å². The fraction of sp³-hybridized carbons (Fsp3) is 0.0500. The highest BCUT2D eigenvalue weighted by Gasteiger charge is 2.01. The van der Waals surface area contributed by atoms with Crippen LogP contribution in [0.15, 0.2) is 78.9 Å². The lowest BCUT2D eigenvalue weighted by Crippen LogP contribution is -2.18. The van der Waals surface area contributed by atoms with Crippen LogP contribution < -0.4 is 15.8 Å². The molecule has 0 radical (unpaired) electrons. The van der Waals surface area contributed by atoms with E-state index in [0.717, 1.165) is 28.1 Å². The van der Waals surface area contributed by atoms with E-state index in [1.807, 2.05) is 66.7 Å². The molecule has 3 rings (SSSR count). The van der Waals surface area contributed by atoms with Gasteiger partial charge in [-0.25, -0.2) is 0 Å². The first-order valence-corrected chi connectivity index (χ1v) is 8.05. The fourth-order valence-corrected chi connectivity index (χ4v) is 2.52. The maximum absolute atomic E-state index is 5.81. The molecule has 24 heavy (non-hydrogen) atoms. The Kier molecular flexibility index (Phi) is 5.08. The molecule has 0 aliphatic heterocycles. The number of hydrogen-bond acceptors (Lipinski definition) is 2. The zero-order chi connectivity index (χ0) is 16.8. The SMILES string of the molecule is NC(=S)Nc1cccc(-c2ccc(OCc3ccccc3)cc2)c1. The van der Waals surface area contributed by atoms with Crippen molar-refractivity contribution in [3.63, 3.8) is 0 Å². The Balaban J connectivity index is 1.69. The molecule has 120 valence electrons. The molecule has 0 aromatic heterocycles. The van der Waals surface area contributed by atoms with Crippen molar-refractivity contribution in [2.45, 2.75) is 6.61 Å². The molecule has 0 atom stereocenters. The highest BCUT2D eigenvalue weighted by Crippen LogP contribution is 2.25. The molecule has 4 heteroatoms. The third kappa shape index (κ3) is 4.33. The summed E-state index contributed by atoms with van der Waals surface area (Å²) in [5, 5.41) is 3.21. The summed E-state index contributed by atoms with van der Waals surface area (Å²) >= 11 is 4.87. The molecule has 0 saturated heterocycles. The van der Waals surface area contributed by atoms with E-state index in [4.69, 9.17) is 22.7 Å². The van der Waals surface area contributed by atoms with Gasteiger partial charge in [-0.15, -0.1) is 0 Å². The number of nitrogens with one attached hydrogen (secondary N) is 1. The maximum atomic E-state index is 5.81. The van der Waals surface area contributed by atoms with Gasteiger partial charge >= 0.3 is 0 Å². The summed E-state index contributed by atoms with van der Waals surface area (Å²) < 4.78 is 5.81. The van der Waals surface area contributed by atoms with Gasteiger partial charge in [0.1, 0.15) is 12.4 Å². The first-order chi connectivity index (χ1) is 11.7. The van der Waals surface area contributed by atoms with Crippen molar-refractivity contribution in [1.82, 2.24) is 0 Å². The third-order valence-electron chi connectivity index (χ3n) is 3.57. The van der Waals surface area contributed by atoms with E-state index in [2.05, 4.69) is 17.4 Å². The summed E-state index contributed by atoms with van der Waals surface area (Å²) in [6.07, 6.45) is 0. The van der Waals surface area contributed by atoms with Gasteiger partial charge in [-0.05, 0) is 53.2 Å². The Labute approximate surface area is 147 Å². The summed E-state index contributed by atoms with van der Waals surface area (Å²) in [6, 6.07) is 26.1. The van der Waals surface area contributed by atoms with Gasteiger partial charge in [-0.1, -0.05) is 54.6 Å². The average Bonchev–Trinajstić information content (AvgIpc) is 2.61. The predicted molar refractivity (Wildman–Crippen MR) is 103 cm³/mol. The molecule has 0 spiro atoms. The van der Waals surface area contributed by atoms with Gasteiger partial charge in [0.05, 0.1) is 0 Å². The second-order valence-electron chi connectivity index (χ2n) is 5.37. The summed E-state index contributed by atoms with van der Waals surface area (Å²) in [5.41, 5.74) is 9.74. The number of thiocarbonyl (C=S) groups is 1. The molecule has 0 aliphatic rings. The predicted octanol–water partition coefficient (Wildman–Crippen LogP) is 4.59. The lowest BCUT2D eigenvalue weighted by atomic mass is 10.1. The van der Waals surface area contributed by atoms with Crippen LogP contribution in [0.3, 0.4) is 0 Å². The van der Waals surface area contributed by atoms with Gasteiger partial charge in [0.15, 0.2) is 5.11 Å². The van der Waals surface area contributed by atoms with Gasteiger partial charge in [0.25, 0.3) is 0 Å². The molecular weight excluding hydrogens is 316 g/mol. The summed E-state index contributed by atoms with van der Waals surface area (Å²) in [6.45, 7) is 0.563. The molecule has 0 amide bonds. The number of benzene rings is 3. The van der Waals surface area contributed by atoms with Crippen LogP contribution in [0.5, 0.6) is 5.75 Å². The van der Waals surface area contributed by atoms with Crippen LogP contribution in [-0.4, -0.2) is 5.11 Å². The summed E-state index contributed by atoms with van der Waals surface area (Å²) in [4.78, 5) is 0. The topological polar surface area (TPSA) is 47.3 Å². The minimum Gasteiger partial charge on any atom is -0.489 e. The minimum absolute atomic E-state index is 0.261. The first-order valence-electron chi connectivity index (χ1n) is 7.64. The Morgan fingerprint density at radius 1 is 0.875 bits per heavy atom. The Hall–Kier alpha value is -2.85. The summed E-state index contributed by atoms with van der Waals surface area (Å²) in [7, 11) is 0. The second kappa shape index (κ2) is 7.62. The smallest absolute Gasteiger partial charge is 0.168 e. The minimum atomic E-state index is 0.261. The van der Waals surface area contributed by atoms with Crippen molar-refractivity contribution in [2.75, 3.05) is 5.32 Å². The molecule has 3 nitrogen and oxygen atoms in total. The summed E-state index contributed by atoms with van der Waals surface area (Å²) in [5.74, 6) is 0.847. The number of rotatable bonds is 5. The van der Waals surface area contributed by atoms with E-state index in [-0.39, 0.29) is 5.11 Å². The van der Waals surface area contributed by atoms with Gasteiger partial charge in [-0.2, -0.15) is 0 Å². The van der Waals surface area contributed by atoms with Crippen molar-refractivity contribution in [3.05, 3.63) is 84.4 Å². The van der Waals surface area contributed by atoms with E-state index in [0.29, 0.717) is 6.61 Å². The van der Waals surface area contributed by atoms with Gasteiger partial charge in [-0.3, -0.25) is 0 Å². The Bertz CT molecular complexity index is 817. The molecule has 0 unspecified atom stereocenters. The molecule has 3 aromatic rings. The number of hydrogen-bond donors (Lipinski definition) is 2. The van der Waals surface area contributed by atoms with Crippen LogP contribution in [0.4, 0.5) is 5.69 Å². The highest BCUT2D eigenvalue weighted by molar-refractivity contribution is 7.80. The largest absolute Gasteiger partial charge is 0.489 e. The van der Waals surface area contributed by atoms with E-state index in [9.17, 15) is 0 Å². The highest BCUT2D eigenvalue weighted by atomic mass is 32.1. The Morgan fingerprint density at radius 2 is 1.62 bits per heavy atom. The third-order valence-corrected chi connectivity index (χ3v) is 3.67. The van der Waals surface area contributed by atoms with E-state index >= 15 is 0 Å². The molecule has 0 bridgehead atoms. The number of nitrogens with two attached hydrogens (primary N) is 1. The fourth-order valence-electron chi connectivity index (χ4n) is 2.40. The zero-order valence-electron chi connectivity index (χ0n) is 13.1. The normalized spacial score (nSPS) is 10.2. The monoisotopic (exact) mass is 334 g/mol. The molecule has 0 fully saturated rings. The van der Waals surface area contributed by atoms with Crippen molar-refractivity contribution in [2.24, 2.45) is 5.73 Å². The van der Waals surface area contributed by atoms with Gasteiger partial charge in [0.2, 0.25) is 0 Å². The van der Waals surface area contributed by atoms with Gasteiger partial charge < -0.3 is 15.8 Å². The van der Waals surface area contributed by atoms with Crippen molar-refractivity contribution >= 4 is 23.0 Å². The van der Waals surface area contributed by atoms with E-state index in [1.165, 1.54) is 0 Å². The first kappa shape index (κ1) is 16.0. The average molecular weight is 334 g/mol. The lowest BCUT2D eigenvalue weighted by Gasteiger charge is -2.09. The molecule has 3 N–H and O–H groups in total. The van der Waals surface area contributed by atoms with Crippen molar-refractivity contribution < 1.29 is 4.74 Å². The van der Waals surface area contributed by atoms with Crippen LogP contribution in [0.1, 0.15) is 5.56 Å². The molecular formula is C20H18N2OS. The van der Waals surface area contributed by atoms with E-state index in [1.54, 1.807) is 0 Å². The van der Waals surface area contributed by atoms with Crippen LogP contribution >= 0.6 is 12.2 Å². The molecule has 0 heterocycles.